The third kappa shape index (κ3) is 4.68. The van der Waals surface area contributed by atoms with Gasteiger partial charge in [-0.1, -0.05) is 31.5 Å². The van der Waals surface area contributed by atoms with Gasteiger partial charge in [-0.15, -0.1) is 0 Å². The zero-order valence-electron chi connectivity index (χ0n) is 15.1. The van der Waals surface area contributed by atoms with Gasteiger partial charge >= 0.3 is 5.97 Å². The lowest BCUT2D eigenvalue weighted by molar-refractivity contribution is -0.144. The quantitative estimate of drug-likeness (QED) is 0.551. The number of hydrogen-bond donors (Lipinski definition) is 0. The molecular weight excluding hydrogens is 302 g/mol. The third-order valence-electron chi connectivity index (χ3n) is 4.03. The number of hydrogen-bond acceptors (Lipinski definition) is 4. The topological polar surface area (TPSA) is 47.4 Å². The van der Waals surface area contributed by atoms with Crippen molar-refractivity contribution in [2.45, 2.75) is 40.2 Å². The normalized spacial score (nSPS) is 11.0. The summed E-state index contributed by atoms with van der Waals surface area (Å²) in [7, 11) is 1.93. The van der Waals surface area contributed by atoms with Gasteiger partial charge < -0.3 is 4.74 Å². The number of nitrogens with zero attached hydrogens (tertiary/aromatic N) is 3. The summed E-state index contributed by atoms with van der Waals surface area (Å²) in [5.41, 5.74) is 4.29. The molecule has 2 rings (SSSR count). The average Bonchev–Trinajstić information content (AvgIpc) is 2.84. The second kappa shape index (κ2) is 8.64. The number of likely N-dealkylation sites (N-methyl/N-ethyl adjacent to an activating group) is 1. The van der Waals surface area contributed by atoms with Crippen LogP contribution < -0.4 is 0 Å². The second-order valence-corrected chi connectivity index (χ2v) is 6.14. The molecule has 0 spiro atoms. The van der Waals surface area contributed by atoms with Gasteiger partial charge in [-0.3, -0.25) is 9.69 Å². The van der Waals surface area contributed by atoms with Gasteiger partial charge in [0.05, 0.1) is 24.5 Å². The molecule has 0 aliphatic rings. The number of ether oxygens (including phenoxy) is 1. The smallest absolute Gasteiger partial charge is 0.320 e. The van der Waals surface area contributed by atoms with E-state index in [0.717, 1.165) is 35.5 Å². The van der Waals surface area contributed by atoms with Crippen LogP contribution in [0.3, 0.4) is 0 Å². The molecule has 0 amide bonds. The highest BCUT2D eigenvalue weighted by molar-refractivity contribution is 5.71. The van der Waals surface area contributed by atoms with Crippen molar-refractivity contribution in [1.82, 2.24) is 14.7 Å². The van der Waals surface area contributed by atoms with Crippen LogP contribution in [0.15, 0.2) is 30.3 Å². The Morgan fingerprint density at radius 2 is 1.96 bits per heavy atom. The standard InChI is InChI=1S/C19H27N3O2/c1-5-6-12-24-19(23)14-21(4)13-18-15(2)20-22(16(18)3)17-10-8-7-9-11-17/h7-11H,5-6,12-14H2,1-4H3. The third-order valence-corrected chi connectivity index (χ3v) is 4.03. The predicted molar refractivity (Wildman–Crippen MR) is 95.2 cm³/mol. The van der Waals surface area contributed by atoms with Gasteiger partial charge in [-0.05, 0) is 39.4 Å². The first kappa shape index (κ1) is 18.2. The molecule has 0 saturated heterocycles. The van der Waals surface area contributed by atoms with E-state index in [-0.39, 0.29) is 5.97 Å². The molecule has 0 bridgehead atoms. The molecule has 0 aliphatic heterocycles. The number of para-hydroxylation sites is 1. The minimum atomic E-state index is -0.170. The first-order chi connectivity index (χ1) is 11.5. The van der Waals surface area contributed by atoms with E-state index in [1.807, 2.05) is 53.9 Å². The van der Waals surface area contributed by atoms with E-state index < -0.39 is 0 Å². The van der Waals surface area contributed by atoms with Gasteiger partial charge in [-0.2, -0.15) is 5.10 Å². The fourth-order valence-electron chi connectivity index (χ4n) is 2.65. The Balaban J connectivity index is 2.02. The molecule has 0 fully saturated rings. The van der Waals surface area contributed by atoms with E-state index in [2.05, 4.69) is 18.9 Å². The van der Waals surface area contributed by atoms with Crippen molar-refractivity contribution in [3.05, 3.63) is 47.3 Å². The zero-order valence-corrected chi connectivity index (χ0v) is 15.1. The zero-order chi connectivity index (χ0) is 17.5. The van der Waals surface area contributed by atoms with Crippen LogP contribution in [0.2, 0.25) is 0 Å². The molecule has 2 aromatic rings. The molecule has 5 nitrogen and oxygen atoms in total. The number of rotatable bonds is 8. The van der Waals surface area contributed by atoms with Crippen LogP contribution in [-0.4, -0.2) is 40.8 Å². The van der Waals surface area contributed by atoms with E-state index in [9.17, 15) is 4.79 Å². The van der Waals surface area contributed by atoms with Crippen LogP contribution in [0.1, 0.15) is 36.7 Å². The van der Waals surface area contributed by atoms with Gasteiger partial charge in [0.2, 0.25) is 0 Å². The molecule has 1 aromatic heterocycles. The average molecular weight is 329 g/mol. The molecule has 1 heterocycles. The summed E-state index contributed by atoms with van der Waals surface area (Å²) < 4.78 is 7.18. The summed E-state index contributed by atoms with van der Waals surface area (Å²) in [6.07, 6.45) is 1.94. The molecule has 130 valence electrons. The molecule has 0 unspecified atom stereocenters. The number of aryl methyl sites for hydroxylation is 1. The van der Waals surface area contributed by atoms with Crippen molar-refractivity contribution < 1.29 is 9.53 Å². The lowest BCUT2D eigenvalue weighted by Crippen LogP contribution is -2.27. The molecule has 0 aliphatic carbocycles. The van der Waals surface area contributed by atoms with Gasteiger partial charge in [0, 0.05) is 17.8 Å². The Hall–Kier alpha value is -2.14. The van der Waals surface area contributed by atoms with Gasteiger partial charge in [0.25, 0.3) is 0 Å². The maximum Gasteiger partial charge on any atom is 0.320 e. The van der Waals surface area contributed by atoms with Crippen molar-refractivity contribution in [3.63, 3.8) is 0 Å². The second-order valence-electron chi connectivity index (χ2n) is 6.14. The van der Waals surface area contributed by atoms with Crippen LogP contribution in [0.4, 0.5) is 0 Å². The Bertz CT molecular complexity index is 665. The molecule has 1 aromatic carbocycles. The fraction of sp³-hybridized carbons (Fsp3) is 0.474. The summed E-state index contributed by atoms with van der Waals surface area (Å²) >= 11 is 0. The molecule has 24 heavy (non-hydrogen) atoms. The molecule has 5 heteroatoms. The molecule has 0 atom stereocenters. The number of benzene rings is 1. The lowest BCUT2D eigenvalue weighted by Gasteiger charge is -2.16. The van der Waals surface area contributed by atoms with E-state index in [4.69, 9.17) is 4.74 Å². The Morgan fingerprint density at radius 1 is 1.25 bits per heavy atom. The maximum atomic E-state index is 11.8. The SMILES string of the molecule is CCCCOC(=O)CN(C)Cc1c(C)nn(-c2ccccc2)c1C. The van der Waals surface area contributed by atoms with Gasteiger partial charge in [0.15, 0.2) is 0 Å². The van der Waals surface area contributed by atoms with E-state index in [1.54, 1.807) is 0 Å². The van der Waals surface area contributed by atoms with Crippen LogP contribution in [-0.2, 0) is 16.1 Å². The molecule has 0 radical (unpaired) electrons. The summed E-state index contributed by atoms with van der Waals surface area (Å²) in [5, 5.41) is 4.65. The van der Waals surface area contributed by atoms with Crippen LogP contribution in [0, 0.1) is 13.8 Å². The van der Waals surface area contributed by atoms with Crippen molar-refractivity contribution in [2.75, 3.05) is 20.2 Å². The van der Waals surface area contributed by atoms with Crippen LogP contribution in [0.25, 0.3) is 5.69 Å². The molecular formula is C19H27N3O2. The first-order valence-electron chi connectivity index (χ1n) is 8.47. The van der Waals surface area contributed by atoms with Crippen molar-refractivity contribution >= 4 is 5.97 Å². The number of carbonyl (C=O) groups is 1. The first-order valence-corrected chi connectivity index (χ1v) is 8.47. The number of unbranched alkanes of at least 4 members (excludes halogenated alkanes) is 1. The highest BCUT2D eigenvalue weighted by Crippen LogP contribution is 2.19. The highest BCUT2D eigenvalue weighted by atomic mass is 16.5. The van der Waals surface area contributed by atoms with Crippen LogP contribution >= 0.6 is 0 Å². The largest absolute Gasteiger partial charge is 0.465 e. The summed E-state index contributed by atoms with van der Waals surface area (Å²) in [4.78, 5) is 13.8. The Labute approximate surface area is 144 Å². The van der Waals surface area contributed by atoms with Gasteiger partial charge in [-0.25, -0.2) is 4.68 Å². The van der Waals surface area contributed by atoms with E-state index in [0.29, 0.717) is 19.7 Å². The minimum Gasteiger partial charge on any atom is -0.465 e. The van der Waals surface area contributed by atoms with Crippen molar-refractivity contribution in [2.24, 2.45) is 0 Å². The summed E-state index contributed by atoms with van der Waals surface area (Å²) in [6, 6.07) is 10.1. The highest BCUT2D eigenvalue weighted by Gasteiger charge is 2.16. The molecule has 0 N–H and O–H groups in total. The van der Waals surface area contributed by atoms with E-state index >= 15 is 0 Å². The maximum absolute atomic E-state index is 11.8. The Kier molecular flexibility index (Phi) is 6.55. The van der Waals surface area contributed by atoms with Crippen LogP contribution in [0.5, 0.6) is 0 Å². The summed E-state index contributed by atoms with van der Waals surface area (Å²) in [5.74, 6) is -0.170. The fourth-order valence-corrected chi connectivity index (χ4v) is 2.65. The minimum absolute atomic E-state index is 0.170. The number of aromatic nitrogens is 2. The number of carbonyl (C=O) groups excluding carboxylic acids is 1. The Morgan fingerprint density at radius 3 is 2.62 bits per heavy atom. The van der Waals surface area contributed by atoms with Crippen molar-refractivity contribution in [1.29, 1.82) is 0 Å². The summed E-state index contributed by atoms with van der Waals surface area (Å²) in [6.45, 7) is 7.63. The monoisotopic (exact) mass is 329 g/mol. The van der Waals surface area contributed by atoms with Crippen molar-refractivity contribution in [3.8, 4) is 5.69 Å². The van der Waals surface area contributed by atoms with Gasteiger partial charge in [0.1, 0.15) is 0 Å². The predicted octanol–water partition coefficient (Wildman–Crippen LogP) is 3.26. The number of esters is 1. The molecule has 0 saturated carbocycles. The van der Waals surface area contributed by atoms with E-state index in [1.165, 1.54) is 0 Å². The lowest BCUT2D eigenvalue weighted by atomic mass is 10.2.